The molecule has 2 aliphatic heterocycles. The number of fused-ring (bicyclic) bond motifs is 3. The van der Waals surface area contributed by atoms with Crippen LogP contribution in [-0.2, 0) is 21.3 Å². The Hall–Kier alpha value is -3.01. The van der Waals surface area contributed by atoms with Gasteiger partial charge in [0.05, 0.1) is 22.1 Å². The fraction of sp³-hybridized carbons (Fsp3) is 0.417. The lowest BCUT2D eigenvalue weighted by molar-refractivity contribution is -0.209. The van der Waals surface area contributed by atoms with Crippen LogP contribution >= 0.6 is 11.3 Å². The van der Waals surface area contributed by atoms with Crippen LogP contribution in [0, 0.1) is 18.3 Å². The fourth-order valence-corrected chi connectivity index (χ4v) is 6.03. The largest absolute Gasteiger partial charge is 0.451 e. The van der Waals surface area contributed by atoms with E-state index in [1.165, 1.54) is 11.3 Å². The minimum Gasteiger partial charge on any atom is -0.451 e. The molecular weight excluding hydrogens is 465 g/mol. The molecule has 178 valence electrons. The molecule has 34 heavy (non-hydrogen) atoms. The first-order valence-corrected chi connectivity index (χ1v) is 11.8. The Bertz CT molecular complexity index is 1270. The number of pyridine rings is 2. The topological polar surface area (TPSA) is 77.0 Å². The Morgan fingerprint density at radius 1 is 1.18 bits per heavy atom. The minimum absolute atomic E-state index is 0.0517. The number of esters is 1. The molecule has 3 fully saturated rings. The number of aryl methyl sites for hydroxylation is 1. The Balaban J connectivity index is 1.44. The summed E-state index contributed by atoms with van der Waals surface area (Å²) in [4.78, 5) is 26.5. The van der Waals surface area contributed by atoms with Gasteiger partial charge >= 0.3 is 12.1 Å². The highest BCUT2D eigenvalue weighted by Gasteiger charge is 2.58. The number of hydrogen-bond acceptors (Lipinski definition) is 7. The molecule has 0 radical (unpaired) electrons. The molecule has 0 aromatic carbocycles. The fourth-order valence-electron chi connectivity index (χ4n) is 5.00. The van der Waals surface area contributed by atoms with Crippen LogP contribution in [0.1, 0.15) is 49.2 Å². The van der Waals surface area contributed by atoms with Crippen molar-refractivity contribution >= 4 is 28.9 Å². The molecule has 2 atom stereocenters. The molecule has 3 aromatic heterocycles. The van der Waals surface area contributed by atoms with Gasteiger partial charge in [0, 0.05) is 12.4 Å². The number of rotatable bonds is 4. The predicted octanol–water partition coefficient (Wildman–Crippen LogP) is 6.25. The first kappa shape index (κ1) is 22.8. The molecule has 3 aromatic rings. The van der Waals surface area contributed by atoms with Gasteiger partial charge in [0.1, 0.15) is 16.6 Å². The number of thiazole rings is 1. The quantitative estimate of drug-likeness (QED) is 0.438. The maximum atomic E-state index is 13.0. The third-order valence-electron chi connectivity index (χ3n) is 6.56. The van der Waals surface area contributed by atoms with Gasteiger partial charge in [0.25, 0.3) is 0 Å². The number of ether oxygens (including phenoxy) is 1. The standard InChI is InChI=1S/C24H23F3N4O2S/c1-13-8-16(30-19(9-13)31-18-10-14(5-7-28-18)24(25,26)27)17-11-29-21(34-17)23-6-4-15(20(32)33-23)22(2,3)12-23/h5,7-11,15H,4,6,12H2,1-3H3,(H,28,30,31). The highest BCUT2D eigenvalue weighted by molar-refractivity contribution is 7.15. The number of alkyl halides is 3. The highest BCUT2D eigenvalue weighted by atomic mass is 32.1. The molecule has 10 heteroatoms. The van der Waals surface area contributed by atoms with Gasteiger partial charge in [-0.05, 0) is 61.4 Å². The van der Waals surface area contributed by atoms with Gasteiger partial charge in [0.2, 0.25) is 0 Å². The van der Waals surface area contributed by atoms with E-state index >= 15 is 0 Å². The molecule has 0 amide bonds. The lowest BCUT2D eigenvalue weighted by atomic mass is 9.61. The summed E-state index contributed by atoms with van der Waals surface area (Å²) in [5.74, 6) is 0.190. The molecule has 1 saturated carbocycles. The van der Waals surface area contributed by atoms with Crippen molar-refractivity contribution in [2.75, 3.05) is 5.32 Å². The molecule has 2 saturated heterocycles. The Labute approximate surface area is 198 Å². The number of carbonyl (C=O) groups is 1. The molecule has 0 spiro atoms. The summed E-state index contributed by atoms with van der Waals surface area (Å²) in [6.07, 6.45) is 0.608. The first-order valence-electron chi connectivity index (χ1n) is 10.9. The molecule has 1 N–H and O–H groups in total. The second kappa shape index (κ2) is 7.76. The van der Waals surface area contributed by atoms with E-state index in [0.717, 1.165) is 53.0 Å². The zero-order chi connectivity index (χ0) is 24.3. The monoisotopic (exact) mass is 488 g/mol. The molecule has 6 rings (SSSR count). The van der Waals surface area contributed by atoms with Gasteiger partial charge in [-0.3, -0.25) is 4.79 Å². The zero-order valence-corrected chi connectivity index (χ0v) is 19.7. The molecule has 5 heterocycles. The molecule has 2 unspecified atom stereocenters. The van der Waals surface area contributed by atoms with Crippen molar-refractivity contribution in [2.45, 2.75) is 51.8 Å². The normalized spacial score (nSPS) is 23.6. The Kier molecular flexibility index (Phi) is 5.20. The van der Waals surface area contributed by atoms with Crippen molar-refractivity contribution in [1.29, 1.82) is 0 Å². The van der Waals surface area contributed by atoms with E-state index in [9.17, 15) is 18.0 Å². The average Bonchev–Trinajstić information content (AvgIpc) is 3.23. The van der Waals surface area contributed by atoms with Gasteiger partial charge in [-0.2, -0.15) is 13.2 Å². The van der Waals surface area contributed by atoms with Crippen LogP contribution in [0.3, 0.4) is 0 Å². The third-order valence-corrected chi connectivity index (χ3v) is 7.77. The van der Waals surface area contributed by atoms with Crippen LogP contribution < -0.4 is 5.32 Å². The smallest absolute Gasteiger partial charge is 0.416 e. The second-order valence-electron chi connectivity index (χ2n) is 9.67. The number of aromatic nitrogens is 3. The van der Waals surface area contributed by atoms with Crippen molar-refractivity contribution in [2.24, 2.45) is 11.3 Å². The van der Waals surface area contributed by atoms with E-state index in [-0.39, 0.29) is 23.1 Å². The van der Waals surface area contributed by atoms with Crippen molar-refractivity contribution in [1.82, 2.24) is 15.0 Å². The summed E-state index contributed by atoms with van der Waals surface area (Å²) in [6.45, 7) is 6.08. The number of nitrogens with one attached hydrogen (secondary N) is 1. The van der Waals surface area contributed by atoms with Gasteiger partial charge in [-0.1, -0.05) is 13.8 Å². The van der Waals surface area contributed by atoms with Gasteiger partial charge in [-0.15, -0.1) is 11.3 Å². The molecule has 2 bridgehead atoms. The van der Waals surface area contributed by atoms with Crippen LogP contribution in [0.4, 0.5) is 24.8 Å². The maximum Gasteiger partial charge on any atom is 0.416 e. The van der Waals surface area contributed by atoms with E-state index in [2.05, 4.69) is 34.1 Å². The van der Waals surface area contributed by atoms with Crippen molar-refractivity contribution in [3.05, 3.63) is 52.8 Å². The van der Waals surface area contributed by atoms with E-state index in [0.29, 0.717) is 11.5 Å². The highest BCUT2D eigenvalue weighted by Crippen LogP contribution is 2.57. The van der Waals surface area contributed by atoms with Gasteiger partial charge in [0.15, 0.2) is 5.60 Å². The Morgan fingerprint density at radius 3 is 2.68 bits per heavy atom. The number of anilines is 2. The minimum atomic E-state index is -4.46. The lowest BCUT2D eigenvalue weighted by Gasteiger charge is -2.52. The zero-order valence-electron chi connectivity index (χ0n) is 18.9. The maximum absolute atomic E-state index is 13.0. The Morgan fingerprint density at radius 2 is 1.97 bits per heavy atom. The summed E-state index contributed by atoms with van der Waals surface area (Å²) < 4.78 is 45.0. The van der Waals surface area contributed by atoms with Crippen LogP contribution in [0.5, 0.6) is 0 Å². The summed E-state index contributed by atoms with van der Waals surface area (Å²) in [5.41, 5.74) is -0.159. The van der Waals surface area contributed by atoms with Crippen LogP contribution in [0.25, 0.3) is 10.6 Å². The summed E-state index contributed by atoms with van der Waals surface area (Å²) in [6, 6.07) is 5.49. The molecule has 6 nitrogen and oxygen atoms in total. The van der Waals surface area contributed by atoms with E-state index in [1.807, 2.05) is 13.0 Å². The average molecular weight is 489 g/mol. The van der Waals surface area contributed by atoms with Crippen molar-refractivity contribution < 1.29 is 22.7 Å². The summed E-state index contributed by atoms with van der Waals surface area (Å²) in [7, 11) is 0. The van der Waals surface area contributed by atoms with Crippen molar-refractivity contribution in [3.63, 3.8) is 0 Å². The lowest BCUT2D eigenvalue weighted by Crippen LogP contribution is -2.54. The summed E-state index contributed by atoms with van der Waals surface area (Å²) >= 11 is 1.43. The molecule has 3 aliphatic rings. The van der Waals surface area contributed by atoms with E-state index in [4.69, 9.17) is 4.74 Å². The number of carbonyl (C=O) groups excluding carboxylic acids is 1. The SMILES string of the molecule is Cc1cc(Nc2cc(C(F)(F)F)ccn2)nc(-c2cnc(C34CCC(C(=O)O3)C(C)(C)C4)s2)c1. The van der Waals surface area contributed by atoms with Crippen LogP contribution in [0.15, 0.2) is 36.7 Å². The summed E-state index contributed by atoms with van der Waals surface area (Å²) in [5, 5.41) is 3.62. The number of nitrogens with zero attached hydrogens (tertiary/aromatic N) is 3. The van der Waals surface area contributed by atoms with E-state index < -0.39 is 17.3 Å². The molecule has 1 aliphatic carbocycles. The third kappa shape index (κ3) is 4.04. The predicted molar refractivity (Wildman–Crippen MR) is 121 cm³/mol. The van der Waals surface area contributed by atoms with Gasteiger partial charge < -0.3 is 10.1 Å². The second-order valence-corrected chi connectivity index (χ2v) is 10.7. The first-order chi connectivity index (χ1) is 16.0. The van der Waals surface area contributed by atoms with Crippen molar-refractivity contribution in [3.8, 4) is 10.6 Å². The molecular formula is C24H23F3N4O2S. The van der Waals surface area contributed by atoms with Gasteiger partial charge in [-0.25, -0.2) is 15.0 Å². The van der Waals surface area contributed by atoms with Crippen LogP contribution in [0.2, 0.25) is 0 Å². The number of halogens is 3. The van der Waals surface area contributed by atoms with E-state index in [1.54, 1.807) is 12.3 Å². The van der Waals surface area contributed by atoms with Crippen LogP contribution in [-0.4, -0.2) is 20.9 Å². The number of hydrogen-bond donors (Lipinski definition) is 1.